The molecular weight excluding hydrogens is 346 g/mol. The van der Waals surface area contributed by atoms with Crippen LogP contribution in [0.4, 0.5) is 5.69 Å². The zero-order valence-corrected chi connectivity index (χ0v) is 15.2. The molecule has 0 aliphatic heterocycles. The van der Waals surface area contributed by atoms with Crippen LogP contribution in [0.15, 0.2) is 52.9 Å². The summed E-state index contributed by atoms with van der Waals surface area (Å²) in [6.07, 6.45) is -1.02. The largest absolute Gasteiger partial charge is 0.449 e. The molecule has 2 aromatic carbocycles. The summed E-state index contributed by atoms with van der Waals surface area (Å²) in [6.45, 7) is 4.72. The number of para-hydroxylation sites is 1. The minimum atomic E-state index is -1.02. The summed E-state index contributed by atoms with van der Waals surface area (Å²) in [6, 6.07) is 13.8. The van der Waals surface area contributed by atoms with E-state index in [1.807, 2.05) is 18.2 Å². The third-order valence-corrected chi connectivity index (χ3v) is 4.24. The number of carbonyl (C=O) groups excluding carboxylic acids is 3. The number of furan rings is 1. The van der Waals surface area contributed by atoms with Gasteiger partial charge in [0.1, 0.15) is 5.58 Å². The first kappa shape index (κ1) is 18.4. The third kappa shape index (κ3) is 3.89. The van der Waals surface area contributed by atoms with Crippen molar-refractivity contribution in [2.75, 3.05) is 5.32 Å². The number of anilines is 1. The number of esters is 1. The first-order valence-electron chi connectivity index (χ1n) is 8.48. The van der Waals surface area contributed by atoms with E-state index in [9.17, 15) is 14.4 Å². The number of aryl methyl sites for hydroxylation is 1. The lowest BCUT2D eigenvalue weighted by molar-refractivity contribution is -0.123. The number of ether oxygens (including phenoxy) is 1. The summed E-state index contributed by atoms with van der Waals surface area (Å²) in [5.41, 5.74) is 2.31. The highest BCUT2D eigenvalue weighted by atomic mass is 16.6. The maximum Gasteiger partial charge on any atom is 0.375 e. The molecule has 0 unspecified atom stereocenters. The Balaban J connectivity index is 1.67. The van der Waals surface area contributed by atoms with Crippen LogP contribution in [0.1, 0.15) is 40.3 Å². The summed E-state index contributed by atoms with van der Waals surface area (Å²) >= 11 is 0. The van der Waals surface area contributed by atoms with Crippen molar-refractivity contribution >= 4 is 34.3 Å². The van der Waals surface area contributed by atoms with E-state index in [1.165, 1.54) is 13.8 Å². The van der Waals surface area contributed by atoms with Gasteiger partial charge in [0.05, 0.1) is 0 Å². The van der Waals surface area contributed by atoms with Crippen molar-refractivity contribution in [3.8, 4) is 0 Å². The monoisotopic (exact) mass is 365 g/mol. The van der Waals surface area contributed by atoms with Crippen LogP contribution in [-0.4, -0.2) is 23.8 Å². The average molecular weight is 365 g/mol. The Bertz CT molecular complexity index is 1020. The Hall–Kier alpha value is -3.41. The van der Waals surface area contributed by atoms with E-state index < -0.39 is 18.0 Å². The summed E-state index contributed by atoms with van der Waals surface area (Å²) < 4.78 is 10.8. The minimum Gasteiger partial charge on any atom is -0.449 e. The maximum atomic E-state index is 12.4. The van der Waals surface area contributed by atoms with Crippen molar-refractivity contribution in [3.05, 3.63) is 65.4 Å². The van der Waals surface area contributed by atoms with Gasteiger partial charge in [0, 0.05) is 22.2 Å². The van der Waals surface area contributed by atoms with Crippen LogP contribution in [0.25, 0.3) is 11.0 Å². The van der Waals surface area contributed by atoms with Crippen LogP contribution in [-0.2, 0) is 9.53 Å². The number of Topliss-reactive ketones (excluding diaryl/α,β-unsaturated/α-hetero) is 1. The van der Waals surface area contributed by atoms with Crippen molar-refractivity contribution in [1.82, 2.24) is 0 Å². The quantitative estimate of drug-likeness (QED) is 0.543. The Morgan fingerprint density at radius 3 is 2.33 bits per heavy atom. The van der Waals surface area contributed by atoms with Gasteiger partial charge < -0.3 is 14.5 Å². The number of nitrogens with one attached hydrogen (secondary N) is 1. The number of hydrogen-bond donors (Lipinski definition) is 1. The predicted octanol–water partition coefficient (Wildman–Crippen LogP) is 4.13. The van der Waals surface area contributed by atoms with E-state index in [1.54, 1.807) is 37.3 Å². The number of carbonyl (C=O) groups is 3. The zero-order chi connectivity index (χ0) is 19.6. The van der Waals surface area contributed by atoms with E-state index in [2.05, 4.69) is 5.32 Å². The lowest BCUT2D eigenvalue weighted by Crippen LogP contribution is -2.30. The summed E-state index contributed by atoms with van der Waals surface area (Å²) in [5.74, 6) is -1.15. The van der Waals surface area contributed by atoms with Gasteiger partial charge in [-0.1, -0.05) is 18.2 Å². The fraction of sp³-hybridized carbons (Fsp3) is 0.190. The smallest absolute Gasteiger partial charge is 0.375 e. The second-order valence-electron chi connectivity index (χ2n) is 6.22. The molecule has 3 aromatic rings. The topological polar surface area (TPSA) is 85.6 Å². The number of fused-ring (bicyclic) bond motifs is 1. The summed E-state index contributed by atoms with van der Waals surface area (Å²) in [4.78, 5) is 35.9. The van der Waals surface area contributed by atoms with Crippen molar-refractivity contribution in [2.45, 2.75) is 26.9 Å². The van der Waals surface area contributed by atoms with Gasteiger partial charge in [-0.15, -0.1) is 0 Å². The molecule has 0 fully saturated rings. The molecule has 0 spiro atoms. The molecule has 1 amide bonds. The van der Waals surface area contributed by atoms with E-state index in [4.69, 9.17) is 9.15 Å². The van der Waals surface area contributed by atoms with Gasteiger partial charge in [-0.05, 0) is 51.1 Å². The highest BCUT2D eigenvalue weighted by Crippen LogP contribution is 2.25. The molecule has 0 aliphatic carbocycles. The van der Waals surface area contributed by atoms with E-state index in [0.29, 0.717) is 22.4 Å². The molecule has 6 heteroatoms. The second-order valence-corrected chi connectivity index (χ2v) is 6.22. The van der Waals surface area contributed by atoms with Crippen LogP contribution in [0, 0.1) is 6.92 Å². The second kappa shape index (κ2) is 7.45. The van der Waals surface area contributed by atoms with Crippen molar-refractivity contribution in [1.29, 1.82) is 0 Å². The van der Waals surface area contributed by atoms with Crippen molar-refractivity contribution < 1.29 is 23.5 Å². The molecule has 0 saturated carbocycles. The van der Waals surface area contributed by atoms with Crippen LogP contribution in [0.5, 0.6) is 0 Å². The van der Waals surface area contributed by atoms with Crippen molar-refractivity contribution in [2.24, 2.45) is 0 Å². The molecule has 0 bridgehead atoms. The standard InChI is InChI=1S/C21H19NO5/c1-12-17-6-4-5-7-18(17)27-19(12)21(25)26-14(3)20(24)22-16-10-8-15(9-11-16)13(2)23/h4-11,14H,1-3H3,(H,22,24)/t14-/m1/s1. The highest BCUT2D eigenvalue weighted by molar-refractivity contribution is 6.00. The van der Waals surface area contributed by atoms with Crippen LogP contribution >= 0.6 is 0 Å². The first-order valence-corrected chi connectivity index (χ1v) is 8.48. The maximum absolute atomic E-state index is 12.4. The molecule has 3 rings (SSSR count). The average Bonchev–Trinajstić information content (AvgIpc) is 2.99. The Labute approximate surface area is 156 Å². The number of benzene rings is 2. The Morgan fingerprint density at radius 2 is 1.70 bits per heavy atom. The van der Waals surface area contributed by atoms with Crippen LogP contribution in [0.3, 0.4) is 0 Å². The van der Waals surface area contributed by atoms with Crippen LogP contribution in [0.2, 0.25) is 0 Å². The van der Waals surface area contributed by atoms with Gasteiger partial charge in [0.15, 0.2) is 11.9 Å². The van der Waals surface area contributed by atoms with E-state index in [-0.39, 0.29) is 11.5 Å². The van der Waals surface area contributed by atoms with Gasteiger partial charge >= 0.3 is 5.97 Å². The lowest BCUT2D eigenvalue weighted by atomic mass is 10.1. The Morgan fingerprint density at radius 1 is 1.04 bits per heavy atom. The Kier molecular flexibility index (Phi) is 5.07. The minimum absolute atomic E-state index is 0.0589. The number of amides is 1. The number of hydrogen-bond acceptors (Lipinski definition) is 5. The molecule has 0 aliphatic rings. The summed E-state index contributed by atoms with van der Waals surface area (Å²) in [7, 11) is 0. The molecule has 0 saturated heterocycles. The normalized spacial score (nSPS) is 11.8. The third-order valence-electron chi connectivity index (χ3n) is 4.24. The van der Waals surface area contributed by atoms with Crippen LogP contribution < -0.4 is 5.32 Å². The molecule has 1 aromatic heterocycles. The van der Waals surface area contributed by atoms with E-state index >= 15 is 0 Å². The van der Waals surface area contributed by atoms with Gasteiger partial charge in [-0.3, -0.25) is 9.59 Å². The van der Waals surface area contributed by atoms with Gasteiger partial charge in [0.2, 0.25) is 5.76 Å². The predicted molar refractivity (Wildman–Crippen MR) is 101 cm³/mol. The van der Waals surface area contributed by atoms with Gasteiger partial charge in [-0.25, -0.2) is 4.79 Å². The van der Waals surface area contributed by atoms with Gasteiger partial charge in [0.25, 0.3) is 5.91 Å². The SMILES string of the molecule is CC(=O)c1ccc(NC(=O)[C@@H](C)OC(=O)c2oc3ccccc3c2C)cc1. The zero-order valence-electron chi connectivity index (χ0n) is 15.2. The molecule has 1 atom stereocenters. The molecule has 27 heavy (non-hydrogen) atoms. The molecule has 1 N–H and O–H groups in total. The lowest BCUT2D eigenvalue weighted by Gasteiger charge is -2.13. The highest BCUT2D eigenvalue weighted by Gasteiger charge is 2.24. The van der Waals surface area contributed by atoms with Crippen molar-refractivity contribution in [3.63, 3.8) is 0 Å². The number of rotatable bonds is 5. The molecule has 0 radical (unpaired) electrons. The van der Waals surface area contributed by atoms with E-state index in [0.717, 1.165) is 5.39 Å². The fourth-order valence-electron chi connectivity index (χ4n) is 2.67. The molecule has 6 nitrogen and oxygen atoms in total. The molecular formula is C21H19NO5. The summed E-state index contributed by atoms with van der Waals surface area (Å²) in [5, 5.41) is 3.47. The number of ketones is 1. The first-order chi connectivity index (χ1) is 12.9. The molecule has 1 heterocycles. The van der Waals surface area contributed by atoms with Gasteiger partial charge in [-0.2, -0.15) is 0 Å². The molecule has 138 valence electrons. The fourth-order valence-corrected chi connectivity index (χ4v) is 2.67.